The molecule has 7 heteroatoms. The Labute approximate surface area is 113 Å². The van der Waals surface area contributed by atoms with Gasteiger partial charge in [0.2, 0.25) is 10.0 Å². The number of sulfonamides is 1. The largest absolute Gasteiger partial charge is 0.372 e. The number of aromatic nitrogens is 1. The molecular formula is C11H19N3O2S2. The SMILES string of the molecule is CCC(CSC)NS(=O)(=O)c1cccnc1NC. The summed E-state index contributed by atoms with van der Waals surface area (Å²) in [6.07, 6.45) is 4.28. The molecule has 0 radical (unpaired) electrons. The van der Waals surface area contributed by atoms with Gasteiger partial charge in [0.25, 0.3) is 0 Å². The van der Waals surface area contributed by atoms with Crippen molar-refractivity contribution in [2.24, 2.45) is 0 Å². The van der Waals surface area contributed by atoms with Crippen LogP contribution in [0.2, 0.25) is 0 Å². The molecule has 2 N–H and O–H groups in total. The minimum absolute atomic E-state index is 0.0603. The summed E-state index contributed by atoms with van der Waals surface area (Å²) in [5, 5.41) is 2.79. The molecule has 1 unspecified atom stereocenters. The van der Waals surface area contributed by atoms with Gasteiger partial charge >= 0.3 is 0 Å². The second-order valence-corrected chi connectivity index (χ2v) is 6.38. The lowest BCUT2D eigenvalue weighted by Crippen LogP contribution is -2.36. The van der Waals surface area contributed by atoms with Crippen LogP contribution in [0.5, 0.6) is 0 Å². The number of anilines is 1. The molecule has 0 bridgehead atoms. The highest BCUT2D eigenvalue weighted by molar-refractivity contribution is 7.98. The molecule has 0 aromatic carbocycles. The van der Waals surface area contributed by atoms with E-state index in [-0.39, 0.29) is 10.9 Å². The van der Waals surface area contributed by atoms with Gasteiger partial charge in [0, 0.05) is 25.0 Å². The van der Waals surface area contributed by atoms with E-state index < -0.39 is 10.0 Å². The third-order valence-electron chi connectivity index (χ3n) is 2.48. The topological polar surface area (TPSA) is 71.1 Å². The predicted molar refractivity (Wildman–Crippen MR) is 76.6 cm³/mol. The van der Waals surface area contributed by atoms with Crippen molar-refractivity contribution >= 4 is 27.6 Å². The van der Waals surface area contributed by atoms with Crippen LogP contribution in [-0.4, -0.2) is 38.5 Å². The van der Waals surface area contributed by atoms with Crippen molar-refractivity contribution in [1.29, 1.82) is 0 Å². The smallest absolute Gasteiger partial charge is 0.244 e. The number of rotatable bonds is 7. The molecular weight excluding hydrogens is 270 g/mol. The van der Waals surface area contributed by atoms with E-state index in [1.165, 1.54) is 0 Å². The highest BCUT2D eigenvalue weighted by Crippen LogP contribution is 2.18. The molecule has 0 aliphatic carbocycles. The standard InChI is InChI=1S/C11H19N3O2S2/c1-4-9(8-17-3)14-18(15,16)10-6-5-7-13-11(10)12-2/h5-7,9,14H,4,8H2,1-3H3,(H,12,13). The molecule has 102 valence electrons. The maximum absolute atomic E-state index is 12.3. The Kier molecular flexibility index (Phi) is 5.90. The van der Waals surface area contributed by atoms with Gasteiger partial charge in [-0.3, -0.25) is 0 Å². The van der Waals surface area contributed by atoms with Crippen LogP contribution in [0.3, 0.4) is 0 Å². The average Bonchev–Trinajstić information content (AvgIpc) is 2.38. The zero-order valence-electron chi connectivity index (χ0n) is 10.8. The van der Waals surface area contributed by atoms with E-state index in [1.54, 1.807) is 37.1 Å². The van der Waals surface area contributed by atoms with E-state index in [0.29, 0.717) is 5.82 Å². The van der Waals surface area contributed by atoms with Gasteiger partial charge in [-0.1, -0.05) is 6.92 Å². The Hall–Kier alpha value is -0.790. The first kappa shape index (κ1) is 15.3. The molecule has 1 atom stereocenters. The Bertz CT molecular complexity index is 477. The van der Waals surface area contributed by atoms with E-state index in [9.17, 15) is 8.42 Å². The van der Waals surface area contributed by atoms with Crippen molar-refractivity contribution < 1.29 is 8.42 Å². The van der Waals surface area contributed by atoms with Crippen molar-refractivity contribution in [2.75, 3.05) is 24.4 Å². The summed E-state index contributed by atoms with van der Waals surface area (Å²) in [5.74, 6) is 1.12. The fraction of sp³-hybridized carbons (Fsp3) is 0.545. The Balaban J connectivity index is 2.98. The van der Waals surface area contributed by atoms with Crippen LogP contribution >= 0.6 is 11.8 Å². The number of nitrogens with zero attached hydrogens (tertiary/aromatic N) is 1. The number of hydrogen-bond donors (Lipinski definition) is 2. The van der Waals surface area contributed by atoms with Crippen molar-refractivity contribution in [3.8, 4) is 0 Å². The lowest BCUT2D eigenvalue weighted by atomic mass is 10.3. The molecule has 0 aliphatic rings. The van der Waals surface area contributed by atoms with Gasteiger partial charge in [-0.2, -0.15) is 11.8 Å². The first-order chi connectivity index (χ1) is 8.55. The van der Waals surface area contributed by atoms with Crippen molar-refractivity contribution in [3.63, 3.8) is 0 Å². The van der Waals surface area contributed by atoms with Crippen LogP contribution in [0.1, 0.15) is 13.3 Å². The van der Waals surface area contributed by atoms with Crippen molar-refractivity contribution in [3.05, 3.63) is 18.3 Å². The molecule has 0 spiro atoms. The Morgan fingerprint density at radius 1 is 1.50 bits per heavy atom. The van der Waals surface area contributed by atoms with Gasteiger partial charge in [-0.05, 0) is 24.8 Å². The molecule has 0 fully saturated rings. The summed E-state index contributed by atoms with van der Waals surface area (Å²) in [4.78, 5) is 4.19. The normalized spacial score (nSPS) is 13.3. The van der Waals surface area contributed by atoms with Crippen LogP contribution in [0, 0.1) is 0 Å². The van der Waals surface area contributed by atoms with E-state index in [2.05, 4.69) is 15.0 Å². The predicted octanol–water partition coefficient (Wildman–Crippen LogP) is 1.54. The molecule has 0 aliphatic heterocycles. The maximum atomic E-state index is 12.3. The number of pyridine rings is 1. The molecule has 5 nitrogen and oxygen atoms in total. The van der Waals surface area contributed by atoms with Crippen molar-refractivity contribution in [1.82, 2.24) is 9.71 Å². The summed E-state index contributed by atoms with van der Waals surface area (Å²) >= 11 is 1.62. The van der Waals surface area contributed by atoms with E-state index in [4.69, 9.17) is 0 Å². The first-order valence-corrected chi connectivity index (χ1v) is 8.56. The summed E-state index contributed by atoms with van der Waals surface area (Å²) in [6, 6.07) is 3.10. The molecule has 18 heavy (non-hydrogen) atoms. The summed E-state index contributed by atoms with van der Waals surface area (Å²) in [7, 11) is -1.87. The fourth-order valence-electron chi connectivity index (χ4n) is 1.51. The van der Waals surface area contributed by atoms with Crippen LogP contribution < -0.4 is 10.0 Å². The quantitative estimate of drug-likeness (QED) is 0.797. The third-order valence-corrected chi connectivity index (χ3v) is 4.77. The highest BCUT2D eigenvalue weighted by Gasteiger charge is 2.22. The number of nitrogens with one attached hydrogen (secondary N) is 2. The molecule has 0 saturated heterocycles. The lowest BCUT2D eigenvalue weighted by Gasteiger charge is -2.17. The summed E-state index contributed by atoms with van der Waals surface area (Å²) < 4.78 is 27.2. The van der Waals surface area contributed by atoms with E-state index in [0.717, 1.165) is 12.2 Å². The lowest BCUT2D eigenvalue weighted by molar-refractivity contribution is 0.558. The number of thioether (sulfide) groups is 1. The zero-order chi connectivity index (χ0) is 13.6. The van der Waals surface area contributed by atoms with E-state index >= 15 is 0 Å². The van der Waals surface area contributed by atoms with E-state index in [1.807, 2.05) is 13.2 Å². The summed E-state index contributed by atoms with van der Waals surface area (Å²) in [6.45, 7) is 1.96. The third kappa shape index (κ3) is 3.86. The molecule has 1 rings (SSSR count). The van der Waals surface area contributed by atoms with Gasteiger partial charge in [0.15, 0.2) is 0 Å². The first-order valence-electron chi connectivity index (χ1n) is 5.69. The van der Waals surface area contributed by atoms with Crippen LogP contribution in [0.25, 0.3) is 0 Å². The number of hydrogen-bond acceptors (Lipinski definition) is 5. The van der Waals surface area contributed by atoms with Gasteiger partial charge in [-0.15, -0.1) is 0 Å². The Morgan fingerprint density at radius 3 is 2.78 bits per heavy atom. The Morgan fingerprint density at radius 2 is 2.22 bits per heavy atom. The second kappa shape index (κ2) is 6.96. The van der Waals surface area contributed by atoms with Gasteiger partial charge in [0.05, 0.1) is 0 Å². The van der Waals surface area contributed by atoms with Crippen LogP contribution in [0.15, 0.2) is 23.2 Å². The van der Waals surface area contributed by atoms with Gasteiger partial charge in [-0.25, -0.2) is 18.1 Å². The van der Waals surface area contributed by atoms with Gasteiger partial charge in [0.1, 0.15) is 10.7 Å². The van der Waals surface area contributed by atoms with Crippen molar-refractivity contribution in [2.45, 2.75) is 24.3 Å². The molecule has 1 aromatic rings. The molecule has 1 aromatic heterocycles. The minimum Gasteiger partial charge on any atom is -0.372 e. The average molecular weight is 289 g/mol. The van der Waals surface area contributed by atoms with Gasteiger partial charge < -0.3 is 5.32 Å². The van der Waals surface area contributed by atoms with Crippen LogP contribution in [-0.2, 0) is 10.0 Å². The molecule has 0 saturated carbocycles. The minimum atomic E-state index is -3.52. The maximum Gasteiger partial charge on any atom is 0.244 e. The monoisotopic (exact) mass is 289 g/mol. The fourth-order valence-corrected chi connectivity index (χ4v) is 3.82. The molecule has 0 amide bonds. The summed E-state index contributed by atoms with van der Waals surface area (Å²) in [5.41, 5.74) is 0. The second-order valence-electron chi connectivity index (χ2n) is 3.78. The highest BCUT2D eigenvalue weighted by atomic mass is 32.2. The molecule has 1 heterocycles. The van der Waals surface area contributed by atoms with Crippen LogP contribution in [0.4, 0.5) is 5.82 Å². The zero-order valence-corrected chi connectivity index (χ0v) is 12.4.